The van der Waals surface area contributed by atoms with E-state index in [4.69, 9.17) is 4.98 Å². The topological polar surface area (TPSA) is 41.1 Å². The van der Waals surface area contributed by atoms with Gasteiger partial charge >= 0.3 is 0 Å². The minimum Gasteiger partial charge on any atom is -0.325 e. The molecule has 2 aromatic rings. The van der Waals surface area contributed by atoms with Gasteiger partial charge in [0.25, 0.3) is 0 Å². The molecule has 1 N–H and O–H groups in total. The highest BCUT2D eigenvalue weighted by Crippen LogP contribution is 2.23. The Bertz CT molecular complexity index is 568. The Morgan fingerprint density at radius 1 is 1.19 bits per heavy atom. The summed E-state index contributed by atoms with van der Waals surface area (Å²) in [5, 5.41) is 3.36. The van der Waals surface area contributed by atoms with Crippen molar-refractivity contribution in [2.24, 2.45) is 0 Å². The van der Waals surface area contributed by atoms with Crippen LogP contribution in [0.3, 0.4) is 0 Å². The third-order valence-electron chi connectivity index (χ3n) is 3.31. The van der Waals surface area contributed by atoms with Crippen LogP contribution >= 0.6 is 0 Å². The van der Waals surface area contributed by atoms with Crippen molar-refractivity contribution in [2.75, 3.05) is 18.0 Å². The van der Waals surface area contributed by atoms with Gasteiger partial charge in [-0.25, -0.2) is 4.98 Å². The van der Waals surface area contributed by atoms with Gasteiger partial charge in [-0.3, -0.25) is 4.98 Å². The predicted octanol–water partition coefficient (Wildman–Crippen LogP) is 3.44. The number of benzene rings is 1. The van der Waals surface area contributed by atoms with Gasteiger partial charge in [0.2, 0.25) is 0 Å². The lowest BCUT2D eigenvalue weighted by Gasteiger charge is -2.22. The number of rotatable bonds is 7. The van der Waals surface area contributed by atoms with Crippen LogP contribution in [-0.4, -0.2) is 23.1 Å². The summed E-state index contributed by atoms with van der Waals surface area (Å²) in [6.45, 7) is 9.02. The Kier molecular flexibility index (Phi) is 5.69. The first-order chi connectivity index (χ1) is 10.2. The first kappa shape index (κ1) is 15.4. The minimum absolute atomic E-state index is 0.764. The molecule has 0 unspecified atom stereocenters. The van der Waals surface area contributed by atoms with Gasteiger partial charge in [0, 0.05) is 25.0 Å². The molecule has 0 saturated heterocycles. The number of aromatic nitrogens is 2. The maximum atomic E-state index is 4.72. The second kappa shape index (κ2) is 7.74. The van der Waals surface area contributed by atoms with Gasteiger partial charge in [-0.1, -0.05) is 19.1 Å². The average molecular weight is 284 g/mol. The molecule has 0 aliphatic rings. The van der Waals surface area contributed by atoms with Crippen molar-refractivity contribution in [3.05, 3.63) is 47.9 Å². The summed E-state index contributed by atoms with van der Waals surface area (Å²) >= 11 is 0. The van der Waals surface area contributed by atoms with Crippen molar-refractivity contribution >= 4 is 11.5 Å². The highest BCUT2D eigenvalue weighted by Gasteiger charge is 2.10. The molecule has 1 aromatic carbocycles. The average Bonchev–Trinajstić information content (AvgIpc) is 2.49. The quantitative estimate of drug-likeness (QED) is 0.791. The molecule has 0 aliphatic carbocycles. The van der Waals surface area contributed by atoms with Gasteiger partial charge in [-0.15, -0.1) is 0 Å². The molecular formula is C17H24N4. The predicted molar refractivity (Wildman–Crippen MR) is 87.9 cm³/mol. The fourth-order valence-electron chi connectivity index (χ4n) is 2.28. The van der Waals surface area contributed by atoms with Crippen LogP contribution in [0, 0.1) is 6.92 Å². The van der Waals surface area contributed by atoms with Gasteiger partial charge in [0.05, 0.1) is 11.9 Å². The number of nitrogens with one attached hydrogen (secondary N) is 1. The SMILES string of the molecule is CCCNCc1cncc(N(CC)c2cccc(C)c2)n1. The van der Waals surface area contributed by atoms with Crippen LogP contribution in [0.25, 0.3) is 0 Å². The number of hydrogen-bond donors (Lipinski definition) is 1. The Balaban J connectivity index is 2.20. The van der Waals surface area contributed by atoms with Crippen molar-refractivity contribution < 1.29 is 0 Å². The molecule has 0 radical (unpaired) electrons. The molecule has 2 rings (SSSR count). The van der Waals surface area contributed by atoms with Gasteiger partial charge < -0.3 is 10.2 Å². The van der Waals surface area contributed by atoms with E-state index < -0.39 is 0 Å². The molecule has 0 atom stereocenters. The molecule has 0 spiro atoms. The lowest BCUT2D eigenvalue weighted by atomic mass is 10.2. The number of nitrogens with zero attached hydrogens (tertiary/aromatic N) is 3. The van der Waals surface area contributed by atoms with E-state index in [0.29, 0.717) is 0 Å². The van der Waals surface area contributed by atoms with Crippen LogP contribution in [0.2, 0.25) is 0 Å². The highest BCUT2D eigenvalue weighted by molar-refractivity contribution is 5.59. The molecule has 4 nitrogen and oxygen atoms in total. The molecule has 112 valence electrons. The van der Waals surface area contributed by atoms with Gasteiger partial charge in [0.1, 0.15) is 0 Å². The van der Waals surface area contributed by atoms with E-state index in [-0.39, 0.29) is 0 Å². The summed E-state index contributed by atoms with van der Waals surface area (Å²) in [5.41, 5.74) is 3.39. The van der Waals surface area contributed by atoms with Crippen molar-refractivity contribution in [1.29, 1.82) is 0 Å². The summed E-state index contributed by atoms with van der Waals surface area (Å²) in [4.78, 5) is 11.2. The van der Waals surface area contributed by atoms with E-state index >= 15 is 0 Å². The molecule has 0 bridgehead atoms. The van der Waals surface area contributed by atoms with E-state index in [0.717, 1.165) is 43.3 Å². The smallest absolute Gasteiger partial charge is 0.151 e. The Morgan fingerprint density at radius 2 is 2.05 bits per heavy atom. The van der Waals surface area contributed by atoms with E-state index in [1.165, 1.54) is 5.56 Å². The first-order valence-electron chi connectivity index (χ1n) is 7.60. The molecular weight excluding hydrogens is 260 g/mol. The molecule has 1 heterocycles. The summed E-state index contributed by atoms with van der Waals surface area (Å²) in [6, 6.07) is 8.47. The molecule has 4 heteroatoms. The third kappa shape index (κ3) is 4.26. The van der Waals surface area contributed by atoms with Crippen LogP contribution in [0.1, 0.15) is 31.5 Å². The van der Waals surface area contributed by atoms with Crippen LogP contribution < -0.4 is 10.2 Å². The molecule has 0 aliphatic heterocycles. The second-order valence-electron chi connectivity index (χ2n) is 5.13. The molecule has 0 fully saturated rings. The lowest BCUT2D eigenvalue weighted by molar-refractivity contribution is 0.661. The normalized spacial score (nSPS) is 10.6. The molecule has 0 saturated carbocycles. The van der Waals surface area contributed by atoms with E-state index in [1.807, 2.05) is 12.4 Å². The standard InChI is InChI=1S/C17H24N4/c1-4-9-18-11-15-12-19-13-17(20-15)21(5-2)16-8-6-7-14(3)10-16/h6-8,10,12-13,18H,4-5,9,11H2,1-3H3. The number of hydrogen-bond acceptors (Lipinski definition) is 4. The summed E-state index contributed by atoms with van der Waals surface area (Å²) in [7, 11) is 0. The molecule has 0 amide bonds. The van der Waals surface area contributed by atoms with E-state index in [1.54, 1.807) is 0 Å². The fraction of sp³-hybridized carbons (Fsp3) is 0.412. The Labute approximate surface area is 127 Å². The third-order valence-corrected chi connectivity index (χ3v) is 3.31. The zero-order valence-corrected chi connectivity index (χ0v) is 13.1. The Morgan fingerprint density at radius 3 is 2.76 bits per heavy atom. The largest absolute Gasteiger partial charge is 0.325 e. The highest BCUT2D eigenvalue weighted by atomic mass is 15.2. The van der Waals surface area contributed by atoms with Crippen molar-refractivity contribution in [1.82, 2.24) is 15.3 Å². The monoisotopic (exact) mass is 284 g/mol. The van der Waals surface area contributed by atoms with Gasteiger partial charge in [0.15, 0.2) is 5.82 Å². The summed E-state index contributed by atoms with van der Waals surface area (Å²) in [5.74, 6) is 0.902. The van der Waals surface area contributed by atoms with E-state index in [2.05, 4.69) is 60.2 Å². The lowest BCUT2D eigenvalue weighted by Crippen LogP contribution is -2.20. The molecule has 21 heavy (non-hydrogen) atoms. The van der Waals surface area contributed by atoms with Gasteiger partial charge in [-0.2, -0.15) is 0 Å². The van der Waals surface area contributed by atoms with E-state index in [9.17, 15) is 0 Å². The minimum atomic E-state index is 0.764. The van der Waals surface area contributed by atoms with Crippen LogP contribution in [0.5, 0.6) is 0 Å². The fourth-order valence-corrected chi connectivity index (χ4v) is 2.28. The van der Waals surface area contributed by atoms with Crippen LogP contribution in [0.4, 0.5) is 11.5 Å². The van der Waals surface area contributed by atoms with Crippen molar-refractivity contribution in [3.8, 4) is 0 Å². The van der Waals surface area contributed by atoms with Gasteiger partial charge in [-0.05, 0) is 44.5 Å². The molecule has 1 aromatic heterocycles. The zero-order valence-electron chi connectivity index (χ0n) is 13.1. The summed E-state index contributed by atoms with van der Waals surface area (Å²) in [6.07, 6.45) is 4.78. The Hall–Kier alpha value is -1.94. The summed E-state index contributed by atoms with van der Waals surface area (Å²) < 4.78 is 0. The maximum Gasteiger partial charge on any atom is 0.151 e. The van der Waals surface area contributed by atoms with Crippen LogP contribution in [-0.2, 0) is 6.54 Å². The zero-order chi connectivity index (χ0) is 15.1. The second-order valence-corrected chi connectivity index (χ2v) is 5.13. The maximum absolute atomic E-state index is 4.72. The van der Waals surface area contributed by atoms with Crippen LogP contribution in [0.15, 0.2) is 36.7 Å². The number of aryl methyl sites for hydroxylation is 1. The first-order valence-corrected chi connectivity index (χ1v) is 7.60. The van der Waals surface area contributed by atoms with Crippen molar-refractivity contribution in [2.45, 2.75) is 33.7 Å². The van der Waals surface area contributed by atoms with Crippen molar-refractivity contribution in [3.63, 3.8) is 0 Å². The number of anilines is 2.